The quantitative estimate of drug-likeness (QED) is 0.839. The van der Waals surface area contributed by atoms with E-state index in [1.165, 1.54) is 0 Å². The Bertz CT molecular complexity index is 614. The van der Waals surface area contributed by atoms with Gasteiger partial charge in [-0.2, -0.15) is 5.26 Å². The Morgan fingerprint density at radius 1 is 1.21 bits per heavy atom. The first-order valence-electron chi connectivity index (χ1n) is 5.92. The molecule has 0 bridgehead atoms. The maximum Gasteiger partial charge on any atom is 0.0992 e. The lowest BCUT2D eigenvalue weighted by atomic mass is 10.1. The number of anilines is 2. The number of nitrogens with zero attached hydrogens (tertiary/aromatic N) is 1. The maximum absolute atomic E-state index is 8.91. The first-order valence-corrected chi connectivity index (χ1v) is 6.71. The van der Waals surface area contributed by atoms with Crippen LogP contribution in [0.15, 0.2) is 46.9 Å². The van der Waals surface area contributed by atoms with Crippen molar-refractivity contribution in [2.45, 2.75) is 13.0 Å². The summed E-state index contributed by atoms with van der Waals surface area (Å²) in [7, 11) is 0. The minimum Gasteiger partial charge on any atom is -0.397 e. The second-order valence-corrected chi connectivity index (χ2v) is 5.25. The molecule has 0 spiro atoms. The van der Waals surface area contributed by atoms with Gasteiger partial charge in [-0.3, -0.25) is 0 Å². The molecule has 1 unspecified atom stereocenters. The smallest absolute Gasteiger partial charge is 0.0992 e. The predicted octanol–water partition coefficient (Wildman–Crippen LogP) is 4.08. The van der Waals surface area contributed by atoms with Crippen LogP contribution in [-0.4, -0.2) is 0 Å². The molecule has 0 aliphatic rings. The van der Waals surface area contributed by atoms with Crippen LogP contribution < -0.4 is 11.1 Å². The Labute approximate surface area is 121 Å². The minimum absolute atomic E-state index is 0.115. The zero-order valence-electron chi connectivity index (χ0n) is 10.5. The van der Waals surface area contributed by atoms with Crippen molar-refractivity contribution in [2.75, 3.05) is 11.1 Å². The molecule has 3 N–H and O–H groups in total. The van der Waals surface area contributed by atoms with E-state index in [0.29, 0.717) is 11.3 Å². The van der Waals surface area contributed by atoms with E-state index in [4.69, 9.17) is 11.0 Å². The number of rotatable bonds is 3. The second kappa shape index (κ2) is 5.77. The zero-order chi connectivity index (χ0) is 13.8. The van der Waals surface area contributed by atoms with Gasteiger partial charge in [-0.05, 0) is 42.8 Å². The molecule has 3 nitrogen and oxygen atoms in total. The largest absolute Gasteiger partial charge is 0.397 e. The van der Waals surface area contributed by atoms with Crippen molar-refractivity contribution in [3.05, 3.63) is 58.1 Å². The summed E-state index contributed by atoms with van der Waals surface area (Å²) in [6, 6.07) is 15.6. The molecule has 0 fully saturated rings. The molecule has 4 heteroatoms. The van der Waals surface area contributed by atoms with E-state index < -0.39 is 0 Å². The number of hydrogen-bond acceptors (Lipinski definition) is 3. The molecule has 0 amide bonds. The molecule has 2 rings (SSSR count). The molecule has 0 aliphatic heterocycles. The summed E-state index contributed by atoms with van der Waals surface area (Å²) in [5.74, 6) is 0. The average Bonchev–Trinajstić information content (AvgIpc) is 2.42. The van der Waals surface area contributed by atoms with Crippen LogP contribution in [0.25, 0.3) is 0 Å². The minimum atomic E-state index is 0.115. The van der Waals surface area contributed by atoms with Crippen molar-refractivity contribution < 1.29 is 0 Å². The van der Waals surface area contributed by atoms with Crippen molar-refractivity contribution in [3.63, 3.8) is 0 Å². The third-order valence-corrected chi connectivity index (χ3v) is 3.45. The van der Waals surface area contributed by atoms with Gasteiger partial charge in [0.15, 0.2) is 0 Å². The van der Waals surface area contributed by atoms with Crippen LogP contribution in [0.5, 0.6) is 0 Å². The molecule has 2 aromatic rings. The molecule has 1 atom stereocenters. The van der Waals surface area contributed by atoms with Crippen LogP contribution in [0.1, 0.15) is 24.1 Å². The van der Waals surface area contributed by atoms with E-state index >= 15 is 0 Å². The maximum atomic E-state index is 8.91. The lowest BCUT2D eigenvalue weighted by Gasteiger charge is -2.17. The molecule has 96 valence electrons. The number of halogens is 1. The standard InChI is InChI=1S/C15H14BrN3/c1-10(12-3-5-13(16)6-4-12)19-15-8-11(9-17)2-7-14(15)18/h2-8,10,19H,18H2,1H3. The van der Waals surface area contributed by atoms with Crippen LogP contribution in [-0.2, 0) is 0 Å². The molecular weight excluding hydrogens is 302 g/mol. The molecule has 0 heterocycles. The normalized spacial score (nSPS) is 11.6. The van der Waals surface area contributed by atoms with Gasteiger partial charge in [-0.25, -0.2) is 0 Å². The van der Waals surface area contributed by atoms with Crippen LogP contribution in [0.4, 0.5) is 11.4 Å². The lowest BCUT2D eigenvalue weighted by Crippen LogP contribution is -2.08. The van der Waals surface area contributed by atoms with Crippen LogP contribution in [0.3, 0.4) is 0 Å². The lowest BCUT2D eigenvalue weighted by molar-refractivity contribution is 0.885. The summed E-state index contributed by atoms with van der Waals surface area (Å²) >= 11 is 3.42. The van der Waals surface area contributed by atoms with Gasteiger partial charge in [0.05, 0.1) is 23.0 Å². The van der Waals surface area contributed by atoms with Crippen molar-refractivity contribution in [1.82, 2.24) is 0 Å². The fraction of sp³-hybridized carbons (Fsp3) is 0.133. The Balaban J connectivity index is 2.21. The number of benzene rings is 2. The van der Waals surface area contributed by atoms with Gasteiger partial charge in [-0.1, -0.05) is 28.1 Å². The first kappa shape index (κ1) is 13.4. The Kier molecular flexibility index (Phi) is 4.08. The van der Waals surface area contributed by atoms with Gasteiger partial charge in [-0.15, -0.1) is 0 Å². The molecule has 0 saturated carbocycles. The average molecular weight is 316 g/mol. The third-order valence-electron chi connectivity index (χ3n) is 2.92. The summed E-state index contributed by atoms with van der Waals surface area (Å²) < 4.78 is 1.05. The summed E-state index contributed by atoms with van der Waals surface area (Å²) in [6.07, 6.45) is 0. The zero-order valence-corrected chi connectivity index (χ0v) is 12.1. The second-order valence-electron chi connectivity index (χ2n) is 4.33. The highest BCUT2D eigenvalue weighted by Gasteiger charge is 2.08. The van der Waals surface area contributed by atoms with E-state index in [9.17, 15) is 0 Å². The van der Waals surface area contributed by atoms with E-state index in [1.54, 1.807) is 18.2 Å². The SMILES string of the molecule is CC(Nc1cc(C#N)ccc1N)c1ccc(Br)cc1. The van der Waals surface area contributed by atoms with E-state index in [0.717, 1.165) is 15.7 Å². The van der Waals surface area contributed by atoms with E-state index in [1.807, 2.05) is 24.3 Å². The number of nitriles is 1. The summed E-state index contributed by atoms with van der Waals surface area (Å²) in [4.78, 5) is 0. The van der Waals surface area contributed by atoms with E-state index in [-0.39, 0.29) is 6.04 Å². The monoisotopic (exact) mass is 315 g/mol. The highest BCUT2D eigenvalue weighted by atomic mass is 79.9. The Morgan fingerprint density at radius 2 is 1.89 bits per heavy atom. The van der Waals surface area contributed by atoms with E-state index in [2.05, 4.69) is 34.2 Å². The molecule has 0 radical (unpaired) electrons. The molecule has 0 aromatic heterocycles. The highest BCUT2D eigenvalue weighted by Crippen LogP contribution is 2.26. The van der Waals surface area contributed by atoms with Crippen molar-refractivity contribution in [2.24, 2.45) is 0 Å². The van der Waals surface area contributed by atoms with Gasteiger partial charge in [0.2, 0.25) is 0 Å². The fourth-order valence-corrected chi connectivity index (χ4v) is 2.08. The van der Waals surface area contributed by atoms with Crippen molar-refractivity contribution >= 4 is 27.3 Å². The summed E-state index contributed by atoms with van der Waals surface area (Å²) in [5.41, 5.74) is 9.10. The topological polar surface area (TPSA) is 61.8 Å². The third kappa shape index (κ3) is 3.27. The fourth-order valence-electron chi connectivity index (χ4n) is 1.82. The Morgan fingerprint density at radius 3 is 2.53 bits per heavy atom. The number of nitrogen functional groups attached to an aromatic ring is 1. The first-order chi connectivity index (χ1) is 9.10. The number of nitrogens with one attached hydrogen (secondary N) is 1. The molecule has 2 aromatic carbocycles. The van der Waals surface area contributed by atoms with Crippen molar-refractivity contribution in [1.29, 1.82) is 5.26 Å². The van der Waals surface area contributed by atoms with Gasteiger partial charge in [0.1, 0.15) is 0 Å². The van der Waals surface area contributed by atoms with Gasteiger partial charge in [0, 0.05) is 10.5 Å². The Hall–Kier alpha value is -1.99. The van der Waals surface area contributed by atoms with Gasteiger partial charge < -0.3 is 11.1 Å². The summed E-state index contributed by atoms with van der Waals surface area (Å²) in [6.45, 7) is 2.06. The highest BCUT2D eigenvalue weighted by molar-refractivity contribution is 9.10. The molecule has 0 aliphatic carbocycles. The number of hydrogen-bond donors (Lipinski definition) is 2. The molecule has 19 heavy (non-hydrogen) atoms. The van der Waals surface area contributed by atoms with Crippen LogP contribution in [0, 0.1) is 11.3 Å². The summed E-state index contributed by atoms with van der Waals surface area (Å²) in [5, 5.41) is 12.2. The molecule has 0 saturated heterocycles. The predicted molar refractivity (Wildman–Crippen MR) is 81.7 cm³/mol. The van der Waals surface area contributed by atoms with Gasteiger partial charge in [0.25, 0.3) is 0 Å². The van der Waals surface area contributed by atoms with Crippen LogP contribution >= 0.6 is 15.9 Å². The molecular formula is C15H14BrN3. The van der Waals surface area contributed by atoms with Crippen molar-refractivity contribution in [3.8, 4) is 6.07 Å². The van der Waals surface area contributed by atoms with Gasteiger partial charge >= 0.3 is 0 Å². The number of nitrogens with two attached hydrogens (primary N) is 1. The van der Waals surface area contributed by atoms with Crippen LogP contribution in [0.2, 0.25) is 0 Å².